The Bertz CT molecular complexity index is 893. The van der Waals surface area contributed by atoms with E-state index in [2.05, 4.69) is 20.1 Å². The number of fused-ring (bicyclic) bond motifs is 2. The summed E-state index contributed by atoms with van der Waals surface area (Å²) in [5.74, 6) is 0.584. The van der Waals surface area contributed by atoms with E-state index in [4.69, 9.17) is 27.9 Å². The first-order valence-electron chi connectivity index (χ1n) is 6.84. The third-order valence-corrected chi connectivity index (χ3v) is 3.96. The van der Waals surface area contributed by atoms with E-state index < -0.39 is 0 Å². The first kappa shape index (κ1) is 13.7. The monoisotopic (exact) mass is 335 g/mol. The van der Waals surface area contributed by atoms with Crippen molar-refractivity contribution in [3.05, 3.63) is 33.8 Å². The Morgan fingerprint density at radius 1 is 1.18 bits per heavy atom. The van der Waals surface area contributed by atoms with Crippen LogP contribution in [0.4, 0.5) is 0 Å². The van der Waals surface area contributed by atoms with Crippen LogP contribution in [0, 0.1) is 6.92 Å². The van der Waals surface area contributed by atoms with E-state index >= 15 is 0 Å². The number of hydrogen-bond acceptors (Lipinski definition) is 5. The Hall–Kier alpha value is -1.92. The smallest absolute Gasteiger partial charge is 0.236 e. The largest absolute Gasteiger partial charge is 0.476 e. The average molecular weight is 336 g/mol. The Morgan fingerprint density at radius 2 is 2.05 bits per heavy atom. The molecule has 1 aliphatic rings. The molecule has 0 aliphatic carbocycles. The van der Waals surface area contributed by atoms with Gasteiger partial charge in [-0.25, -0.2) is 14.5 Å². The second-order valence-electron chi connectivity index (χ2n) is 5.06. The summed E-state index contributed by atoms with van der Waals surface area (Å²) in [4.78, 5) is 13.4. The molecule has 4 rings (SSSR count). The summed E-state index contributed by atoms with van der Waals surface area (Å²) >= 11 is 12.1. The van der Waals surface area contributed by atoms with Gasteiger partial charge in [-0.05, 0) is 19.8 Å². The van der Waals surface area contributed by atoms with Gasteiger partial charge in [-0.15, -0.1) is 0 Å². The third-order valence-electron chi connectivity index (χ3n) is 3.50. The minimum atomic E-state index is 0.320. The van der Waals surface area contributed by atoms with Gasteiger partial charge in [0.2, 0.25) is 5.88 Å². The molecule has 0 saturated carbocycles. The van der Waals surface area contributed by atoms with Crippen molar-refractivity contribution in [3.63, 3.8) is 0 Å². The maximum absolute atomic E-state index is 6.13. The van der Waals surface area contributed by atoms with Crippen LogP contribution in [0.25, 0.3) is 17.0 Å². The molecule has 8 heteroatoms. The van der Waals surface area contributed by atoms with Crippen LogP contribution in [-0.4, -0.2) is 31.2 Å². The van der Waals surface area contributed by atoms with Crippen LogP contribution in [0.15, 0.2) is 12.1 Å². The molecule has 3 aromatic rings. The molecule has 0 unspecified atom stereocenters. The van der Waals surface area contributed by atoms with Gasteiger partial charge < -0.3 is 4.74 Å². The summed E-state index contributed by atoms with van der Waals surface area (Å²) in [6.07, 6.45) is 1.85. The first-order valence-corrected chi connectivity index (χ1v) is 7.60. The van der Waals surface area contributed by atoms with Crippen LogP contribution >= 0.6 is 23.2 Å². The summed E-state index contributed by atoms with van der Waals surface area (Å²) < 4.78 is 7.10. The Labute approximate surface area is 136 Å². The van der Waals surface area contributed by atoms with Gasteiger partial charge in [-0.2, -0.15) is 5.10 Å². The molecule has 0 radical (unpaired) electrons. The standard InChI is InChI=1S/C14H11Cl2N5O/c1-7-13(19-14-8(17-7)3-2-4-22-14)9-5-12-18-10(15)6-11(16)21(12)20-9/h5-6H,2-4H2,1H3. The highest BCUT2D eigenvalue weighted by molar-refractivity contribution is 6.33. The van der Waals surface area contributed by atoms with Crippen molar-refractivity contribution in [2.75, 3.05) is 6.61 Å². The molecule has 1 aliphatic heterocycles. The van der Waals surface area contributed by atoms with Crippen molar-refractivity contribution < 1.29 is 4.74 Å². The molecular formula is C14H11Cl2N5O. The lowest BCUT2D eigenvalue weighted by Crippen LogP contribution is -2.13. The van der Waals surface area contributed by atoms with E-state index in [0.717, 1.165) is 24.2 Å². The van der Waals surface area contributed by atoms with Crippen LogP contribution in [0.3, 0.4) is 0 Å². The van der Waals surface area contributed by atoms with Crippen LogP contribution in [0.5, 0.6) is 5.88 Å². The molecule has 0 spiro atoms. The second kappa shape index (κ2) is 5.07. The van der Waals surface area contributed by atoms with Crippen molar-refractivity contribution in [1.82, 2.24) is 24.6 Å². The molecular weight excluding hydrogens is 325 g/mol. The molecule has 0 N–H and O–H groups in total. The van der Waals surface area contributed by atoms with Gasteiger partial charge in [-0.1, -0.05) is 23.2 Å². The molecule has 6 nitrogen and oxygen atoms in total. The Kier molecular flexibility index (Phi) is 3.16. The van der Waals surface area contributed by atoms with E-state index in [1.165, 1.54) is 4.52 Å². The fourth-order valence-electron chi connectivity index (χ4n) is 2.50. The summed E-state index contributed by atoms with van der Waals surface area (Å²) in [6.45, 7) is 2.57. The summed E-state index contributed by atoms with van der Waals surface area (Å²) in [7, 11) is 0. The van der Waals surface area contributed by atoms with Crippen LogP contribution < -0.4 is 4.74 Å². The number of ether oxygens (including phenoxy) is 1. The molecule has 112 valence electrons. The highest BCUT2D eigenvalue weighted by atomic mass is 35.5. The molecule has 0 atom stereocenters. The molecule has 0 saturated heterocycles. The summed E-state index contributed by atoms with van der Waals surface area (Å²) in [6, 6.07) is 3.32. The number of rotatable bonds is 1. The van der Waals surface area contributed by atoms with Gasteiger partial charge in [0.15, 0.2) is 5.65 Å². The van der Waals surface area contributed by atoms with Gasteiger partial charge in [-0.3, -0.25) is 4.98 Å². The van der Waals surface area contributed by atoms with Crippen molar-refractivity contribution in [1.29, 1.82) is 0 Å². The minimum Gasteiger partial charge on any atom is -0.476 e. The normalized spacial score (nSPS) is 14.0. The van der Waals surface area contributed by atoms with Gasteiger partial charge in [0.05, 0.1) is 12.3 Å². The maximum atomic E-state index is 6.13. The van der Waals surface area contributed by atoms with E-state index in [0.29, 0.717) is 39.8 Å². The van der Waals surface area contributed by atoms with Crippen molar-refractivity contribution in [2.45, 2.75) is 19.8 Å². The van der Waals surface area contributed by atoms with Crippen molar-refractivity contribution in [2.24, 2.45) is 0 Å². The maximum Gasteiger partial charge on any atom is 0.236 e. The lowest BCUT2D eigenvalue weighted by Gasteiger charge is -2.16. The number of aryl methyl sites for hydroxylation is 2. The van der Waals surface area contributed by atoms with Crippen LogP contribution in [0.1, 0.15) is 17.8 Å². The van der Waals surface area contributed by atoms with E-state index in [1.807, 2.05) is 6.92 Å². The predicted octanol–water partition coefficient (Wildman–Crippen LogP) is 3.13. The Balaban J connectivity index is 1.90. The highest BCUT2D eigenvalue weighted by Crippen LogP contribution is 2.28. The van der Waals surface area contributed by atoms with E-state index in [1.54, 1.807) is 12.1 Å². The van der Waals surface area contributed by atoms with Gasteiger partial charge >= 0.3 is 0 Å². The molecule has 3 aromatic heterocycles. The third kappa shape index (κ3) is 2.19. The number of nitrogens with zero attached hydrogens (tertiary/aromatic N) is 5. The molecule has 0 bridgehead atoms. The summed E-state index contributed by atoms with van der Waals surface area (Å²) in [5, 5.41) is 5.15. The molecule has 0 fully saturated rings. The van der Waals surface area contributed by atoms with Gasteiger partial charge in [0.1, 0.15) is 27.4 Å². The van der Waals surface area contributed by atoms with Gasteiger partial charge in [0.25, 0.3) is 0 Å². The molecule has 0 amide bonds. The van der Waals surface area contributed by atoms with Crippen LogP contribution in [0.2, 0.25) is 10.3 Å². The zero-order valence-electron chi connectivity index (χ0n) is 11.7. The van der Waals surface area contributed by atoms with E-state index in [9.17, 15) is 0 Å². The topological polar surface area (TPSA) is 65.2 Å². The number of hydrogen-bond donors (Lipinski definition) is 0. The van der Waals surface area contributed by atoms with E-state index in [-0.39, 0.29) is 0 Å². The van der Waals surface area contributed by atoms with Crippen molar-refractivity contribution >= 4 is 28.8 Å². The molecule has 22 heavy (non-hydrogen) atoms. The predicted molar refractivity (Wildman–Crippen MR) is 82.6 cm³/mol. The second-order valence-corrected chi connectivity index (χ2v) is 5.84. The zero-order valence-corrected chi connectivity index (χ0v) is 13.2. The molecule has 0 aromatic carbocycles. The minimum absolute atomic E-state index is 0.320. The lowest BCUT2D eigenvalue weighted by molar-refractivity contribution is 0.272. The summed E-state index contributed by atoms with van der Waals surface area (Å²) in [5.41, 5.74) is 3.56. The SMILES string of the molecule is Cc1nc2c(nc1-c1cc3nc(Cl)cc(Cl)n3n1)OCCC2. The fourth-order valence-corrected chi connectivity index (χ4v) is 2.98. The number of aromatic nitrogens is 5. The quantitative estimate of drug-likeness (QED) is 0.639. The first-order chi connectivity index (χ1) is 10.6. The lowest BCUT2D eigenvalue weighted by atomic mass is 10.2. The highest BCUT2D eigenvalue weighted by Gasteiger charge is 2.19. The Morgan fingerprint density at radius 3 is 2.91 bits per heavy atom. The van der Waals surface area contributed by atoms with Gasteiger partial charge in [0, 0.05) is 12.1 Å². The fraction of sp³-hybridized carbons (Fsp3) is 0.286. The zero-order chi connectivity index (χ0) is 15.3. The molecule has 4 heterocycles. The average Bonchev–Trinajstić information content (AvgIpc) is 2.90. The number of halogens is 2. The van der Waals surface area contributed by atoms with Crippen LogP contribution in [-0.2, 0) is 6.42 Å². The van der Waals surface area contributed by atoms with Crippen molar-refractivity contribution in [3.8, 4) is 17.3 Å².